The highest BCUT2D eigenvalue weighted by molar-refractivity contribution is 5.94. The average Bonchev–Trinajstić information content (AvgIpc) is 3.09. The summed E-state index contributed by atoms with van der Waals surface area (Å²) < 4.78 is 0. The van der Waals surface area contributed by atoms with E-state index < -0.39 is 0 Å². The molecule has 0 bridgehead atoms. The van der Waals surface area contributed by atoms with Gasteiger partial charge in [0.1, 0.15) is 0 Å². The molecule has 0 aliphatic carbocycles. The van der Waals surface area contributed by atoms with E-state index in [9.17, 15) is 9.59 Å². The van der Waals surface area contributed by atoms with E-state index >= 15 is 0 Å². The first-order valence-electron chi connectivity index (χ1n) is 13.6. The second-order valence-corrected chi connectivity index (χ2v) is 10.3. The first-order chi connectivity index (χ1) is 18.5. The van der Waals surface area contributed by atoms with Crippen molar-refractivity contribution < 1.29 is 9.59 Å². The highest BCUT2D eigenvalue weighted by Gasteiger charge is 2.32. The van der Waals surface area contributed by atoms with Crippen LogP contribution in [0, 0.1) is 13.8 Å². The van der Waals surface area contributed by atoms with Crippen LogP contribution in [0.5, 0.6) is 0 Å². The molecule has 3 N–H and O–H groups in total. The van der Waals surface area contributed by atoms with Gasteiger partial charge in [-0.05, 0) is 74.7 Å². The highest BCUT2D eigenvalue weighted by atomic mass is 16.2. The molecule has 3 aromatic rings. The molecule has 2 atom stereocenters. The Labute approximate surface area is 226 Å². The van der Waals surface area contributed by atoms with Gasteiger partial charge < -0.3 is 20.9 Å². The van der Waals surface area contributed by atoms with Crippen molar-refractivity contribution in [3.63, 3.8) is 0 Å². The molecule has 1 fully saturated rings. The summed E-state index contributed by atoms with van der Waals surface area (Å²) in [5.41, 5.74) is 5.34. The molecule has 0 radical (unpaired) electrons. The molecule has 1 aliphatic rings. The van der Waals surface area contributed by atoms with Gasteiger partial charge in [-0.1, -0.05) is 66.7 Å². The van der Waals surface area contributed by atoms with E-state index in [1.54, 1.807) is 0 Å². The smallest absolute Gasteiger partial charge is 0.251 e. The number of amides is 2. The normalized spacial score (nSPS) is 17.9. The van der Waals surface area contributed by atoms with Gasteiger partial charge in [0.15, 0.2) is 0 Å². The third-order valence-electron chi connectivity index (χ3n) is 7.56. The Hall–Kier alpha value is -3.48. The Balaban J connectivity index is 1.49. The van der Waals surface area contributed by atoms with Gasteiger partial charge in [-0.2, -0.15) is 0 Å². The molecule has 200 valence electrons. The lowest BCUT2D eigenvalue weighted by Gasteiger charge is -2.29. The summed E-state index contributed by atoms with van der Waals surface area (Å²) in [4.78, 5) is 28.6. The van der Waals surface area contributed by atoms with Crippen molar-refractivity contribution in [2.75, 3.05) is 33.2 Å². The summed E-state index contributed by atoms with van der Waals surface area (Å²) in [6.45, 7) is 6.53. The van der Waals surface area contributed by atoms with Crippen LogP contribution >= 0.6 is 0 Å². The lowest BCUT2D eigenvalue weighted by Crippen LogP contribution is -2.50. The minimum Gasteiger partial charge on any atom is -0.350 e. The quantitative estimate of drug-likeness (QED) is 0.384. The van der Waals surface area contributed by atoms with Gasteiger partial charge in [0.2, 0.25) is 5.91 Å². The van der Waals surface area contributed by atoms with Gasteiger partial charge in [-0.15, -0.1) is 0 Å². The summed E-state index contributed by atoms with van der Waals surface area (Å²) in [6, 6.07) is 26.3. The molecule has 2 unspecified atom stereocenters. The maximum Gasteiger partial charge on any atom is 0.251 e. The second kappa shape index (κ2) is 13.4. The first kappa shape index (κ1) is 27.6. The largest absolute Gasteiger partial charge is 0.350 e. The molecule has 1 aliphatic heterocycles. The number of hydrogen-bond donors (Lipinski definition) is 3. The Morgan fingerprint density at radius 2 is 1.63 bits per heavy atom. The van der Waals surface area contributed by atoms with Crippen molar-refractivity contribution in [2.24, 2.45) is 0 Å². The van der Waals surface area contributed by atoms with Gasteiger partial charge in [-0.25, -0.2) is 0 Å². The van der Waals surface area contributed by atoms with Gasteiger partial charge in [0.05, 0.1) is 6.04 Å². The fourth-order valence-electron chi connectivity index (χ4n) is 5.11. The molecule has 4 rings (SSSR count). The van der Waals surface area contributed by atoms with Gasteiger partial charge in [0, 0.05) is 37.2 Å². The molecular formula is C32H40N4O2. The predicted octanol–water partition coefficient (Wildman–Crippen LogP) is 4.03. The maximum absolute atomic E-state index is 13.8. The van der Waals surface area contributed by atoms with Crippen molar-refractivity contribution in [1.82, 2.24) is 20.9 Å². The zero-order valence-corrected chi connectivity index (χ0v) is 22.7. The van der Waals surface area contributed by atoms with Crippen molar-refractivity contribution in [2.45, 2.75) is 44.7 Å². The van der Waals surface area contributed by atoms with Gasteiger partial charge >= 0.3 is 0 Å². The van der Waals surface area contributed by atoms with Crippen LogP contribution in [-0.4, -0.2) is 62.0 Å². The molecule has 1 saturated heterocycles. The molecule has 3 aromatic carbocycles. The molecule has 1 heterocycles. The number of hydrogen-bond acceptors (Lipinski definition) is 4. The Morgan fingerprint density at radius 1 is 0.974 bits per heavy atom. The highest BCUT2D eigenvalue weighted by Crippen LogP contribution is 2.27. The Morgan fingerprint density at radius 3 is 2.24 bits per heavy atom. The average molecular weight is 513 g/mol. The second-order valence-electron chi connectivity index (χ2n) is 10.3. The van der Waals surface area contributed by atoms with E-state index in [1.165, 1.54) is 16.7 Å². The van der Waals surface area contributed by atoms with Gasteiger partial charge in [0.25, 0.3) is 5.91 Å². The monoisotopic (exact) mass is 512 g/mol. The van der Waals surface area contributed by atoms with Crippen molar-refractivity contribution in [3.8, 4) is 0 Å². The van der Waals surface area contributed by atoms with Crippen LogP contribution < -0.4 is 16.0 Å². The van der Waals surface area contributed by atoms with Crippen molar-refractivity contribution >= 4 is 11.8 Å². The Bertz CT molecular complexity index is 1160. The number of rotatable bonds is 10. The summed E-state index contributed by atoms with van der Waals surface area (Å²) in [5.74, 6) is 0.134. The van der Waals surface area contributed by atoms with Crippen molar-refractivity contribution in [3.05, 3.63) is 107 Å². The topological polar surface area (TPSA) is 73.5 Å². The molecule has 0 spiro atoms. The van der Waals surface area contributed by atoms with Crippen LogP contribution in [0.15, 0.2) is 78.9 Å². The summed E-state index contributed by atoms with van der Waals surface area (Å²) in [6.07, 6.45) is 1.46. The van der Waals surface area contributed by atoms with Crippen LogP contribution in [-0.2, 0) is 4.79 Å². The zero-order chi connectivity index (χ0) is 26.9. The van der Waals surface area contributed by atoms with Crippen molar-refractivity contribution in [1.29, 1.82) is 0 Å². The number of carbonyl (C=O) groups is 2. The van der Waals surface area contributed by atoms with Crippen LogP contribution in [0.1, 0.15) is 51.4 Å². The minimum absolute atomic E-state index is 0.00759. The molecule has 38 heavy (non-hydrogen) atoms. The third kappa shape index (κ3) is 7.09. The predicted molar refractivity (Wildman–Crippen MR) is 153 cm³/mol. The van der Waals surface area contributed by atoms with E-state index in [0.29, 0.717) is 31.6 Å². The number of nitrogens with one attached hydrogen (secondary N) is 3. The lowest BCUT2D eigenvalue weighted by atomic mass is 9.90. The van der Waals surface area contributed by atoms with E-state index in [1.807, 2.05) is 56.1 Å². The SMILES string of the molecule is CNCCC1NC(CNC(=O)c2ccc(C)c(C)c2)CCN(CC(c2ccccc2)c2ccccc2)C1=O. The number of nitrogens with zero attached hydrogens (tertiary/aromatic N) is 1. The number of aryl methyl sites for hydroxylation is 2. The minimum atomic E-state index is -0.305. The number of carbonyl (C=O) groups excluding carboxylic acids is 2. The van der Waals surface area contributed by atoms with Crippen LogP contribution in [0.25, 0.3) is 0 Å². The van der Waals surface area contributed by atoms with Crippen LogP contribution in [0.2, 0.25) is 0 Å². The summed E-state index contributed by atoms with van der Waals surface area (Å²) >= 11 is 0. The molecule has 2 amide bonds. The Kier molecular flexibility index (Phi) is 9.68. The summed E-state index contributed by atoms with van der Waals surface area (Å²) in [5, 5.41) is 9.84. The third-order valence-corrected chi connectivity index (χ3v) is 7.56. The van der Waals surface area contributed by atoms with Crippen LogP contribution in [0.3, 0.4) is 0 Å². The number of benzene rings is 3. The standard InChI is InChI=1S/C32H40N4O2/c1-23-14-15-27(20-24(23)2)31(37)34-21-28-17-19-36(32(38)30(35-28)16-18-33-3)22-29(25-10-6-4-7-11-25)26-12-8-5-9-13-26/h4-15,20,28-30,33,35H,16-19,21-22H2,1-3H3,(H,34,37). The lowest BCUT2D eigenvalue weighted by molar-refractivity contribution is -0.133. The van der Waals surface area contributed by atoms with Crippen LogP contribution in [0.4, 0.5) is 0 Å². The molecule has 0 aromatic heterocycles. The molecule has 0 saturated carbocycles. The summed E-state index contributed by atoms with van der Waals surface area (Å²) in [7, 11) is 1.90. The fourth-order valence-corrected chi connectivity index (χ4v) is 5.11. The first-order valence-corrected chi connectivity index (χ1v) is 13.6. The fraction of sp³-hybridized carbons (Fsp3) is 0.375. The van der Waals surface area contributed by atoms with E-state index in [2.05, 4.69) is 64.5 Å². The van der Waals surface area contributed by atoms with E-state index in [4.69, 9.17) is 0 Å². The van der Waals surface area contributed by atoms with E-state index in [0.717, 1.165) is 18.5 Å². The maximum atomic E-state index is 13.8. The van der Waals surface area contributed by atoms with E-state index in [-0.39, 0.29) is 29.8 Å². The zero-order valence-electron chi connectivity index (χ0n) is 22.7. The molecule has 6 heteroatoms. The molecular weight excluding hydrogens is 472 g/mol. The molecule has 6 nitrogen and oxygen atoms in total. The van der Waals surface area contributed by atoms with Gasteiger partial charge in [-0.3, -0.25) is 9.59 Å².